The SMILES string of the molecule is O=c1c2sc3c(=O)n4c5cc(Br)ccc5nc4c4ccc(c2c34)c2nc3cc(Br)ccc3n12. The first-order valence-corrected chi connectivity index (χ1v) is 12.5. The van der Waals surface area contributed by atoms with E-state index < -0.39 is 0 Å². The van der Waals surface area contributed by atoms with Gasteiger partial charge in [0.25, 0.3) is 11.1 Å². The van der Waals surface area contributed by atoms with Crippen molar-refractivity contribution in [2.45, 2.75) is 0 Å². The Morgan fingerprint density at radius 1 is 0.667 bits per heavy atom. The van der Waals surface area contributed by atoms with Gasteiger partial charge in [-0.25, -0.2) is 9.97 Å². The third kappa shape index (κ3) is 2.09. The van der Waals surface area contributed by atoms with E-state index in [9.17, 15) is 9.59 Å². The fourth-order valence-corrected chi connectivity index (χ4v) is 6.92. The van der Waals surface area contributed by atoms with Gasteiger partial charge in [0.15, 0.2) is 0 Å². The zero-order valence-electron chi connectivity index (χ0n) is 16.4. The van der Waals surface area contributed by atoms with E-state index in [4.69, 9.17) is 9.97 Å². The van der Waals surface area contributed by atoms with Gasteiger partial charge < -0.3 is 0 Å². The number of rotatable bonds is 0. The van der Waals surface area contributed by atoms with Crippen molar-refractivity contribution in [2.75, 3.05) is 0 Å². The molecule has 0 unspecified atom stereocenters. The molecule has 0 bridgehead atoms. The number of hydrogen-bond acceptors (Lipinski definition) is 5. The van der Waals surface area contributed by atoms with Crippen LogP contribution in [0.5, 0.6) is 0 Å². The van der Waals surface area contributed by atoms with E-state index in [0.717, 1.165) is 52.6 Å². The standard InChI is InChI=1S/C24H8Br2N4O2S/c25-9-2-6-15-14(7-9)28-22-12-4-3-11-17-18(12)19(23(31)29(15)22)33-20(17)24(32)30-16-8-10(26)1-5-13(16)27-21(11)30/h1-8H. The van der Waals surface area contributed by atoms with Gasteiger partial charge in [-0.2, -0.15) is 0 Å². The first-order valence-electron chi connectivity index (χ1n) is 10.1. The average Bonchev–Trinajstić information content (AvgIpc) is 3.48. The molecule has 156 valence electrons. The fourth-order valence-electron chi connectivity index (χ4n) is 5.03. The average molecular weight is 576 g/mol. The number of fused-ring (bicyclic) bond motifs is 8. The molecule has 5 heterocycles. The lowest BCUT2D eigenvalue weighted by atomic mass is 10.0. The number of halogens is 2. The van der Waals surface area contributed by atoms with Crippen LogP contribution in [0.2, 0.25) is 0 Å². The second-order valence-corrected chi connectivity index (χ2v) is 10.9. The summed E-state index contributed by atoms with van der Waals surface area (Å²) in [5, 5.41) is 3.32. The first kappa shape index (κ1) is 18.3. The molecule has 0 radical (unpaired) electrons. The third-order valence-corrected chi connectivity index (χ3v) is 8.53. The second-order valence-electron chi connectivity index (χ2n) is 8.09. The van der Waals surface area contributed by atoms with Crippen LogP contribution in [0.15, 0.2) is 67.1 Å². The van der Waals surface area contributed by atoms with Crippen molar-refractivity contribution in [2.24, 2.45) is 0 Å². The topological polar surface area (TPSA) is 68.7 Å². The normalized spacial score (nSPS) is 12.8. The molecular formula is C24H8Br2N4O2S. The number of benzene rings is 3. The highest BCUT2D eigenvalue weighted by molar-refractivity contribution is 9.10. The summed E-state index contributed by atoms with van der Waals surface area (Å²) < 4.78 is 6.23. The van der Waals surface area contributed by atoms with Gasteiger partial charge in [-0.15, -0.1) is 11.3 Å². The number of aromatic nitrogens is 4. The van der Waals surface area contributed by atoms with Crippen molar-refractivity contribution in [1.29, 1.82) is 0 Å². The quantitative estimate of drug-likeness (QED) is 0.210. The monoisotopic (exact) mass is 574 g/mol. The Bertz CT molecular complexity index is 2240. The fraction of sp³-hybridized carbons (Fsp3) is 0. The van der Waals surface area contributed by atoms with Crippen molar-refractivity contribution >= 4 is 108 Å². The lowest BCUT2D eigenvalue weighted by Crippen LogP contribution is -2.12. The number of imidazole rings is 2. The molecule has 8 aromatic rings. The van der Waals surface area contributed by atoms with E-state index >= 15 is 0 Å². The number of nitrogens with zero attached hydrogens (tertiary/aromatic N) is 4. The van der Waals surface area contributed by atoms with E-state index in [1.807, 2.05) is 48.5 Å². The molecular weight excluding hydrogens is 568 g/mol. The van der Waals surface area contributed by atoms with Gasteiger partial charge in [-0.3, -0.25) is 18.4 Å². The molecule has 6 nitrogen and oxygen atoms in total. The molecule has 0 aliphatic rings. The minimum Gasteiger partial charge on any atom is -0.267 e. The second kappa shape index (κ2) is 5.85. The van der Waals surface area contributed by atoms with Gasteiger partial charge in [0.1, 0.15) is 20.7 Å². The minimum absolute atomic E-state index is 0.152. The Morgan fingerprint density at radius 2 is 1.24 bits per heavy atom. The Labute approximate surface area is 203 Å². The third-order valence-electron chi connectivity index (χ3n) is 6.37. The summed E-state index contributed by atoms with van der Waals surface area (Å²) in [7, 11) is 0. The Morgan fingerprint density at radius 3 is 1.94 bits per heavy atom. The maximum absolute atomic E-state index is 13.7. The zero-order valence-corrected chi connectivity index (χ0v) is 20.4. The summed E-state index contributed by atoms with van der Waals surface area (Å²) in [6.07, 6.45) is 0. The molecule has 0 saturated heterocycles. The smallest absolute Gasteiger partial charge is 0.267 e. The molecule has 0 amide bonds. The summed E-state index contributed by atoms with van der Waals surface area (Å²) >= 11 is 8.24. The molecule has 33 heavy (non-hydrogen) atoms. The van der Waals surface area contributed by atoms with Crippen molar-refractivity contribution in [3.05, 3.63) is 78.2 Å². The van der Waals surface area contributed by atoms with Crippen LogP contribution in [-0.2, 0) is 0 Å². The molecule has 0 aliphatic heterocycles. The Balaban J connectivity index is 1.69. The maximum Gasteiger partial charge on any atom is 0.274 e. The van der Waals surface area contributed by atoms with E-state index in [0.29, 0.717) is 20.7 Å². The summed E-state index contributed by atoms with van der Waals surface area (Å²) in [5.74, 6) is 0. The van der Waals surface area contributed by atoms with Crippen molar-refractivity contribution in [3.8, 4) is 0 Å². The Kier molecular flexibility index (Phi) is 3.25. The zero-order chi connectivity index (χ0) is 22.2. The highest BCUT2D eigenvalue weighted by atomic mass is 79.9. The van der Waals surface area contributed by atoms with Crippen LogP contribution in [0, 0.1) is 0 Å². The van der Waals surface area contributed by atoms with Crippen LogP contribution in [0.3, 0.4) is 0 Å². The van der Waals surface area contributed by atoms with E-state index in [-0.39, 0.29) is 11.1 Å². The summed E-state index contributed by atoms with van der Waals surface area (Å²) in [6.45, 7) is 0. The molecule has 0 saturated carbocycles. The first-order chi connectivity index (χ1) is 16.0. The lowest BCUT2D eigenvalue weighted by molar-refractivity contribution is 1.19. The van der Waals surface area contributed by atoms with Crippen LogP contribution in [0.4, 0.5) is 0 Å². The molecule has 0 aliphatic carbocycles. The van der Waals surface area contributed by atoms with Crippen LogP contribution >= 0.6 is 43.2 Å². The van der Waals surface area contributed by atoms with Gasteiger partial charge in [-0.05, 0) is 48.5 Å². The number of pyridine rings is 2. The molecule has 0 atom stereocenters. The predicted octanol–water partition coefficient (Wildman–Crippen LogP) is 5.93. The van der Waals surface area contributed by atoms with Crippen molar-refractivity contribution in [3.63, 3.8) is 0 Å². The highest BCUT2D eigenvalue weighted by Crippen LogP contribution is 2.41. The lowest BCUT2D eigenvalue weighted by Gasteiger charge is -2.05. The summed E-state index contributed by atoms with van der Waals surface area (Å²) in [6, 6.07) is 15.4. The predicted molar refractivity (Wildman–Crippen MR) is 140 cm³/mol. The van der Waals surface area contributed by atoms with Crippen molar-refractivity contribution < 1.29 is 0 Å². The Hall–Kier alpha value is -3.14. The number of hydrogen-bond donors (Lipinski definition) is 0. The van der Waals surface area contributed by atoms with Gasteiger partial charge in [0.2, 0.25) is 0 Å². The molecule has 9 heteroatoms. The van der Waals surface area contributed by atoms with Crippen LogP contribution < -0.4 is 11.1 Å². The molecule has 0 fully saturated rings. The van der Waals surface area contributed by atoms with Crippen LogP contribution in [0.1, 0.15) is 0 Å². The molecule has 8 rings (SSSR count). The van der Waals surface area contributed by atoms with E-state index in [1.165, 1.54) is 11.3 Å². The molecule has 0 N–H and O–H groups in total. The largest absolute Gasteiger partial charge is 0.274 e. The van der Waals surface area contributed by atoms with Gasteiger partial charge in [-0.1, -0.05) is 31.9 Å². The summed E-state index contributed by atoms with van der Waals surface area (Å²) in [4.78, 5) is 36.9. The van der Waals surface area contributed by atoms with Gasteiger partial charge in [0.05, 0.1) is 22.1 Å². The van der Waals surface area contributed by atoms with Crippen LogP contribution in [0.25, 0.3) is 64.3 Å². The minimum atomic E-state index is -0.155. The van der Waals surface area contributed by atoms with Gasteiger partial charge in [0, 0.05) is 30.5 Å². The summed E-state index contributed by atoms with van der Waals surface area (Å²) in [5.41, 5.74) is 3.90. The van der Waals surface area contributed by atoms with Crippen molar-refractivity contribution in [1.82, 2.24) is 18.8 Å². The van der Waals surface area contributed by atoms with Gasteiger partial charge >= 0.3 is 0 Å². The highest BCUT2D eigenvalue weighted by Gasteiger charge is 2.24. The van der Waals surface area contributed by atoms with E-state index in [2.05, 4.69) is 31.9 Å². The maximum atomic E-state index is 13.7. The number of thiophene rings is 1. The molecule has 3 aromatic carbocycles. The van der Waals surface area contributed by atoms with Crippen LogP contribution in [-0.4, -0.2) is 18.8 Å². The molecule has 0 spiro atoms. The molecule has 5 aromatic heterocycles. The van der Waals surface area contributed by atoms with E-state index in [1.54, 1.807) is 8.80 Å².